The molecule has 0 radical (unpaired) electrons. The third-order valence-corrected chi connectivity index (χ3v) is 5.12. The average molecular weight is 344 g/mol. The van der Waals surface area contributed by atoms with Crippen LogP contribution in [-0.4, -0.2) is 53.5 Å². The lowest BCUT2D eigenvalue weighted by Crippen LogP contribution is -2.63. The molecule has 1 atom stereocenters. The summed E-state index contributed by atoms with van der Waals surface area (Å²) in [7, 11) is 0. The molecule has 0 bridgehead atoms. The first-order valence-corrected chi connectivity index (χ1v) is 8.93. The molecule has 2 saturated heterocycles. The van der Waals surface area contributed by atoms with Crippen LogP contribution in [0.1, 0.15) is 33.3 Å². The monoisotopic (exact) mass is 344 g/mol. The van der Waals surface area contributed by atoms with Crippen molar-refractivity contribution in [2.24, 2.45) is 11.3 Å². The summed E-state index contributed by atoms with van der Waals surface area (Å²) >= 11 is 0. The molecule has 1 spiro atoms. The number of carbonyl (C=O) groups excluding carboxylic acids is 2. The van der Waals surface area contributed by atoms with Crippen molar-refractivity contribution in [3.8, 4) is 0 Å². The Morgan fingerprint density at radius 2 is 1.80 bits per heavy atom. The van der Waals surface area contributed by atoms with E-state index in [1.807, 2.05) is 39.0 Å². The van der Waals surface area contributed by atoms with E-state index in [-0.39, 0.29) is 23.2 Å². The average Bonchev–Trinajstić information content (AvgIpc) is 2.84. The van der Waals surface area contributed by atoms with Gasteiger partial charge in [0.15, 0.2) is 0 Å². The molecule has 5 nitrogen and oxygen atoms in total. The second kappa shape index (κ2) is 6.45. The number of ketones is 1. The number of carbonyl (C=O) groups is 2. The van der Waals surface area contributed by atoms with Gasteiger partial charge in [-0.05, 0) is 33.3 Å². The number of hydrogen-bond acceptors (Lipinski definition) is 4. The van der Waals surface area contributed by atoms with Crippen LogP contribution in [0.15, 0.2) is 30.3 Å². The van der Waals surface area contributed by atoms with Gasteiger partial charge in [-0.25, -0.2) is 4.79 Å². The molecule has 1 amide bonds. The number of likely N-dealkylation sites (tertiary alicyclic amines) is 2. The summed E-state index contributed by atoms with van der Waals surface area (Å²) < 4.78 is 5.45. The van der Waals surface area contributed by atoms with Crippen molar-refractivity contribution >= 4 is 11.9 Å². The lowest BCUT2D eigenvalue weighted by atomic mass is 9.70. The predicted octanol–water partition coefficient (Wildman–Crippen LogP) is 2.94. The number of ether oxygens (including phenoxy) is 1. The highest BCUT2D eigenvalue weighted by Crippen LogP contribution is 2.45. The molecule has 0 N–H and O–H groups in total. The first kappa shape index (κ1) is 17.9. The van der Waals surface area contributed by atoms with Gasteiger partial charge in [0.1, 0.15) is 11.4 Å². The van der Waals surface area contributed by atoms with E-state index in [9.17, 15) is 9.59 Å². The summed E-state index contributed by atoms with van der Waals surface area (Å²) in [5.74, 6) is 0.217. The van der Waals surface area contributed by atoms with Gasteiger partial charge in [0.05, 0.1) is 0 Å². The SMILES string of the molecule is CC(=O)[C@@H]1CN(Cc2ccccc2)CC12CN(C(=O)OC(C)(C)C)C2. The van der Waals surface area contributed by atoms with Crippen LogP contribution in [0.2, 0.25) is 0 Å². The van der Waals surface area contributed by atoms with Crippen LogP contribution in [0.4, 0.5) is 4.79 Å². The number of benzene rings is 1. The van der Waals surface area contributed by atoms with Gasteiger partial charge in [0, 0.05) is 44.1 Å². The van der Waals surface area contributed by atoms with Gasteiger partial charge in [-0.15, -0.1) is 0 Å². The van der Waals surface area contributed by atoms with Crippen molar-refractivity contribution < 1.29 is 14.3 Å². The Balaban J connectivity index is 1.65. The van der Waals surface area contributed by atoms with Crippen molar-refractivity contribution in [1.82, 2.24) is 9.80 Å². The minimum Gasteiger partial charge on any atom is -0.444 e. The second-order valence-electron chi connectivity index (χ2n) is 8.52. The molecule has 0 aliphatic carbocycles. The van der Waals surface area contributed by atoms with Gasteiger partial charge in [0.2, 0.25) is 0 Å². The number of amides is 1. The van der Waals surface area contributed by atoms with E-state index >= 15 is 0 Å². The Morgan fingerprint density at radius 1 is 1.16 bits per heavy atom. The lowest BCUT2D eigenvalue weighted by Gasteiger charge is -2.50. The van der Waals surface area contributed by atoms with Crippen LogP contribution >= 0.6 is 0 Å². The topological polar surface area (TPSA) is 49.9 Å². The summed E-state index contributed by atoms with van der Waals surface area (Å²) in [4.78, 5) is 28.5. The highest BCUT2D eigenvalue weighted by molar-refractivity contribution is 5.81. The fourth-order valence-electron chi connectivity index (χ4n) is 4.08. The third-order valence-electron chi connectivity index (χ3n) is 5.12. The van der Waals surface area contributed by atoms with E-state index in [4.69, 9.17) is 4.74 Å². The molecular formula is C20H28N2O3. The molecule has 25 heavy (non-hydrogen) atoms. The Labute approximate surface area is 149 Å². The maximum atomic E-state index is 12.2. The minimum atomic E-state index is -0.491. The van der Waals surface area contributed by atoms with Crippen molar-refractivity contribution in [2.45, 2.75) is 39.8 Å². The van der Waals surface area contributed by atoms with Crippen molar-refractivity contribution in [3.05, 3.63) is 35.9 Å². The van der Waals surface area contributed by atoms with Gasteiger partial charge >= 0.3 is 6.09 Å². The van der Waals surface area contributed by atoms with E-state index < -0.39 is 5.60 Å². The number of Topliss-reactive ketones (excluding diaryl/α,β-unsaturated/α-hetero) is 1. The van der Waals surface area contributed by atoms with E-state index in [2.05, 4.69) is 17.0 Å². The molecule has 136 valence electrons. The molecule has 2 aliphatic rings. The highest BCUT2D eigenvalue weighted by atomic mass is 16.6. The lowest BCUT2D eigenvalue weighted by molar-refractivity contribution is -0.128. The smallest absolute Gasteiger partial charge is 0.410 e. The number of rotatable bonds is 3. The largest absolute Gasteiger partial charge is 0.444 e. The van der Waals surface area contributed by atoms with E-state index in [1.165, 1.54) is 5.56 Å². The number of hydrogen-bond donors (Lipinski definition) is 0. The molecular weight excluding hydrogens is 316 g/mol. The Morgan fingerprint density at radius 3 is 2.36 bits per heavy atom. The molecule has 1 aromatic rings. The van der Waals surface area contributed by atoms with Gasteiger partial charge < -0.3 is 9.64 Å². The summed E-state index contributed by atoms with van der Waals surface area (Å²) in [5, 5.41) is 0. The maximum absolute atomic E-state index is 12.2. The zero-order chi connectivity index (χ0) is 18.2. The van der Waals surface area contributed by atoms with Crippen LogP contribution < -0.4 is 0 Å². The first-order valence-electron chi connectivity index (χ1n) is 8.93. The van der Waals surface area contributed by atoms with Gasteiger partial charge in [0.25, 0.3) is 0 Å². The normalized spacial score (nSPS) is 22.7. The molecule has 0 aromatic heterocycles. The summed E-state index contributed by atoms with van der Waals surface area (Å²) in [6.07, 6.45) is -0.276. The Kier molecular flexibility index (Phi) is 4.62. The van der Waals surface area contributed by atoms with E-state index in [1.54, 1.807) is 11.8 Å². The van der Waals surface area contributed by atoms with Crippen molar-refractivity contribution in [3.63, 3.8) is 0 Å². The van der Waals surface area contributed by atoms with Gasteiger partial charge in [-0.1, -0.05) is 30.3 Å². The zero-order valence-electron chi connectivity index (χ0n) is 15.6. The molecule has 3 rings (SSSR count). The summed E-state index contributed by atoms with van der Waals surface area (Å²) in [5.41, 5.74) is 0.650. The summed E-state index contributed by atoms with van der Waals surface area (Å²) in [6.45, 7) is 11.0. The van der Waals surface area contributed by atoms with Gasteiger partial charge in [-0.2, -0.15) is 0 Å². The molecule has 0 saturated carbocycles. The van der Waals surface area contributed by atoms with Crippen molar-refractivity contribution in [1.29, 1.82) is 0 Å². The molecule has 2 heterocycles. The Bertz CT molecular complexity index is 645. The first-order chi connectivity index (χ1) is 11.7. The molecule has 5 heteroatoms. The predicted molar refractivity (Wildman–Crippen MR) is 96.1 cm³/mol. The molecule has 1 aromatic carbocycles. The Hall–Kier alpha value is -1.88. The second-order valence-corrected chi connectivity index (χ2v) is 8.52. The fraction of sp³-hybridized carbons (Fsp3) is 0.600. The van der Waals surface area contributed by atoms with Crippen LogP contribution in [-0.2, 0) is 16.1 Å². The van der Waals surface area contributed by atoms with E-state index in [0.29, 0.717) is 13.1 Å². The van der Waals surface area contributed by atoms with Crippen LogP contribution in [0, 0.1) is 11.3 Å². The molecule has 2 aliphatic heterocycles. The van der Waals surface area contributed by atoms with Crippen LogP contribution in [0.25, 0.3) is 0 Å². The van der Waals surface area contributed by atoms with Gasteiger partial charge in [-0.3, -0.25) is 9.69 Å². The zero-order valence-corrected chi connectivity index (χ0v) is 15.6. The van der Waals surface area contributed by atoms with Crippen LogP contribution in [0.5, 0.6) is 0 Å². The van der Waals surface area contributed by atoms with Crippen molar-refractivity contribution in [2.75, 3.05) is 26.2 Å². The maximum Gasteiger partial charge on any atom is 0.410 e. The molecule has 0 unspecified atom stereocenters. The van der Waals surface area contributed by atoms with Crippen LogP contribution in [0.3, 0.4) is 0 Å². The quantitative estimate of drug-likeness (QED) is 0.846. The standard InChI is InChI=1S/C20H28N2O3/c1-15(23)17-11-21(10-16-8-6-5-7-9-16)12-20(17)13-22(14-20)18(24)25-19(2,3)4/h5-9,17H,10-14H2,1-4H3/t17-/m0/s1. The summed E-state index contributed by atoms with van der Waals surface area (Å²) in [6, 6.07) is 10.3. The molecule has 2 fully saturated rings. The third kappa shape index (κ3) is 3.87. The fourth-order valence-corrected chi connectivity index (χ4v) is 4.08. The highest BCUT2D eigenvalue weighted by Gasteiger charge is 2.57. The number of nitrogens with zero attached hydrogens (tertiary/aromatic N) is 2. The minimum absolute atomic E-state index is 0.00472. The van der Waals surface area contributed by atoms with E-state index in [0.717, 1.165) is 19.6 Å².